The van der Waals surface area contributed by atoms with Crippen LogP contribution in [0.5, 0.6) is 0 Å². The lowest BCUT2D eigenvalue weighted by Gasteiger charge is -2.17. The third kappa shape index (κ3) is 3.86. The maximum absolute atomic E-state index is 12.9. The average Bonchev–Trinajstić information content (AvgIpc) is 3.06. The summed E-state index contributed by atoms with van der Waals surface area (Å²) in [6.07, 6.45) is 3.12. The monoisotopic (exact) mass is 413 g/mol. The molecule has 0 bridgehead atoms. The van der Waals surface area contributed by atoms with Gasteiger partial charge in [0.05, 0.1) is 11.1 Å². The van der Waals surface area contributed by atoms with Crippen LogP contribution in [0.25, 0.3) is 10.2 Å². The third-order valence-electron chi connectivity index (χ3n) is 5.16. The van der Waals surface area contributed by atoms with E-state index in [1.165, 1.54) is 22.2 Å². The van der Waals surface area contributed by atoms with E-state index in [0.717, 1.165) is 35.0 Å². The second-order valence-corrected chi connectivity index (χ2v) is 9.37. The quantitative estimate of drug-likeness (QED) is 0.513. The van der Waals surface area contributed by atoms with E-state index in [1.807, 2.05) is 30.3 Å². The smallest absolute Gasteiger partial charge is 0.262 e. The van der Waals surface area contributed by atoms with Gasteiger partial charge < -0.3 is 5.32 Å². The lowest BCUT2D eigenvalue weighted by molar-refractivity contribution is -0.118. The lowest BCUT2D eigenvalue weighted by atomic mass is 9.89. The molecule has 5 nitrogen and oxygen atoms in total. The van der Waals surface area contributed by atoms with E-state index in [0.29, 0.717) is 17.6 Å². The van der Waals surface area contributed by atoms with Crippen LogP contribution >= 0.6 is 23.1 Å². The van der Waals surface area contributed by atoms with Gasteiger partial charge in [0.1, 0.15) is 4.83 Å². The summed E-state index contributed by atoms with van der Waals surface area (Å²) >= 11 is 2.96. The molecule has 0 aliphatic heterocycles. The molecule has 0 saturated carbocycles. The number of carbonyl (C=O) groups is 1. The Labute approximate surface area is 172 Å². The minimum Gasteiger partial charge on any atom is -0.351 e. The Balaban J connectivity index is 1.49. The highest BCUT2D eigenvalue weighted by Crippen LogP contribution is 2.36. The number of aromatic nitrogens is 2. The molecule has 0 spiro atoms. The second kappa shape index (κ2) is 8.09. The first-order chi connectivity index (χ1) is 13.5. The summed E-state index contributed by atoms with van der Waals surface area (Å²) in [7, 11) is 1.74. The topological polar surface area (TPSA) is 64.0 Å². The Kier molecular flexibility index (Phi) is 5.55. The molecule has 146 valence electrons. The number of aryl methyl sites for hydroxylation is 1. The van der Waals surface area contributed by atoms with Crippen molar-refractivity contribution in [1.29, 1.82) is 0 Å². The van der Waals surface area contributed by atoms with E-state index >= 15 is 0 Å². The summed E-state index contributed by atoms with van der Waals surface area (Å²) in [5, 5.41) is 4.29. The Morgan fingerprint density at radius 1 is 1.36 bits per heavy atom. The number of fused-ring (bicyclic) bond motifs is 3. The molecule has 0 radical (unpaired) electrons. The average molecular weight is 414 g/mol. The first-order valence-electron chi connectivity index (χ1n) is 9.47. The van der Waals surface area contributed by atoms with Crippen molar-refractivity contribution in [2.24, 2.45) is 13.0 Å². The van der Waals surface area contributed by atoms with Gasteiger partial charge in [0.15, 0.2) is 5.16 Å². The van der Waals surface area contributed by atoms with E-state index in [-0.39, 0.29) is 17.2 Å². The van der Waals surface area contributed by atoms with Crippen molar-refractivity contribution in [2.75, 3.05) is 5.75 Å². The zero-order valence-corrected chi connectivity index (χ0v) is 17.7. The van der Waals surface area contributed by atoms with Gasteiger partial charge in [-0.2, -0.15) is 0 Å². The third-order valence-corrected chi connectivity index (χ3v) is 7.34. The SMILES string of the molecule is CC1CCc2c(sc3nc(SCC(=O)NCc4ccccc4)n(C)c(=O)c23)C1. The molecule has 7 heteroatoms. The van der Waals surface area contributed by atoms with Crippen LogP contribution in [0.4, 0.5) is 0 Å². The summed E-state index contributed by atoms with van der Waals surface area (Å²) in [5.41, 5.74) is 2.26. The second-order valence-electron chi connectivity index (χ2n) is 7.34. The number of rotatable bonds is 5. The fraction of sp³-hybridized carbons (Fsp3) is 0.381. The van der Waals surface area contributed by atoms with Gasteiger partial charge in [-0.25, -0.2) is 4.98 Å². The van der Waals surface area contributed by atoms with Crippen molar-refractivity contribution in [3.63, 3.8) is 0 Å². The fourth-order valence-electron chi connectivity index (χ4n) is 3.56. The van der Waals surface area contributed by atoms with Gasteiger partial charge in [0, 0.05) is 18.5 Å². The molecule has 4 rings (SSSR count). The van der Waals surface area contributed by atoms with E-state index in [1.54, 1.807) is 23.0 Å². The number of nitrogens with zero attached hydrogens (tertiary/aromatic N) is 2. The molecule has 28 heavy (non-hydrogen) atoms. The normalized spacial score (nSPS) is 16.1. The van der Waals surface area contributed by atoms with Crippen molar-refractivity contribution in [3.05, 3.63) is 56.7 Å². The molecular weight excluding hydrogens is 390 g/mol. The number of benzene rings is 1. The van der Waals surface area contributed by atoms with Crippen LogP contribution in [0.1, 0.15) is 29.3 Å². The summed E-state index contributed by atoms with van der Waals surface area (Å²) in [6, 6.07) is 9.81. The Hall–Kier alpha value is -2.12. The van der Waals surface area contributed by atoms with Gasteiger partial charge in [-0.15, -0.1) is 11.3 Å². The summed E-state index contributed by atoms with van der Waals surface area (Å²) in [5.74, 6) is 0.829. The first-order valence-corrected chi connectivity index (χ1v) is 11.3. The van der Waals surface area contributed by atoms with E-state index in [9.17, 15) is 9.59 Å². The molecule has 1 aromatic carbocycles. The van der Waals surface area contributed by atoms with Gasteiger partial charge in [-0.05, 0) is 36.3 Å². The number of amides is 1. The highest BCUT2D eigenvalue weighted by atomic mass is 32.2. The Bertz CT molecular complexity index is 1070. The predicted octanol–water partition coefficient (Wildman–Crippen LogP) is 3.53. The molecule has 0 fully saturated rings. The molecule has 1 aliphatic rings. The van der Waals surface area contributed by atoms with Crippen molar-refractivity contribution < 1.29 is 4.79 Å². The molecular formula is C21H23N3O2S2. The standard InChI is InChI=1S/C21H23N3O2S2/c1-13-8-9-15-16(10-13)28-19-18(15)20(26)24(2)21(23-19)27-12-17(25)22-11-14-6-4-3-5-7-14/h3-7,13H,8-12H2,1-2H3,(H,22,25). The molecule has 2 heterocycles. The van der Waals surface area contributed by atoms with Gasteiger partial charge in [0.25, 0.3) is 5.56 Å². The predicted molar refractivity (Wildman–Crippen MR) is 115 cm³/mol. The van der Waals surface area contributed by atoms with E-state index < -0.39 is 0 Å². The van der Waals surface area contributed by atoms with Crippen LogP contribution in [0, 0.1) is 5.92 Å². The van der Waals surface area contributed by atoms with Gasteiger partial charge >= 0.3 is 0 Å². The maximum atomic E-state index is 12.9. The highest BCUT2D eigenvalue weighted by Gasteiger charge is 2.24. The van der Waals surface area contributed by atoms with Crippen LogP contribution in [0.15, 0.2) is 40.3 Å². The van der Waals surface area contributed by atoms with Gasteiger partial charge in [-0.3, -0.25) is 14.2 Å². The van der Waals surface area contributed by atoms with Crippen LogP contribution in [-0.4, -0.2) is 21.2 Å². The van der Waals surface area contributed by atoms with Crippen molar-refractivity contribution in [1.82, 2.24) is 14.9 Å². The summed E-state index contributed by atoms with van der Waals surface area (Å²) in [6.45, 7) is 2.76. The minimum absolute atomic E-state index is 0.00393. The number of nitrogens with one attached hydrogen (secondary N) is 1. The summed E-state index contributed by atoms with van der Waals surface area (Å²) < 4.78 is 1.59. The van der Waals surface area contributed by atoms with Gasteiger partial charge in [0.2, 0.25) is 5.91 Å². The highest BCUT2D eigenvalue weighted by molar-refractivity contribution is 7.99. The van der Waals surface area contributed by atoms with Crippen molar-refractivity contribution in [3.8, 4) is 0 Å². The molecule has 1 amide bonds. The Morgan fingerprint density at radius 3 is 2.93 bits per heavy atom. The zero-order valence-electron chi connectivity index (χ0n) is 16.0. The van der Waals surface area contributed by atoms with Crippen LogP contribution in [-0.2, 0) is 31.2 Å². The molecule has 1 unspecified atom stereocenters. The molecule has 3 aromatic rings. The summed E-state index contributed by atoms with van der Waals surface area (Å²) in [4.78, 5) is 32.0. The molecule has 1 atom stereocenters. The molecule has 1 aliphatic carbocycles. The zero-order chi connectivity index (χ0) is 19.7. The van der Waals surface area contributed by atoms with Gasteiger partial charge in [-0.1, -0.05) is 49.0 Å². The Morgan fingerprint density at radius 2 is 2.14 bits per heavy atom. The number of carbonyl (C=O) groups excluding carboxylic acids is 1. The van der Waals surface area contributed by atoms with Crippen molar-refractivity contribution >= 4 is 39.2 Å². The molecule has 0 saturated heterocycles. The maximum Gasteiger partial charge on any atom is 0.262 e. The molecule has 2 aromatic heterocycles. The van der Waals surface area contributed by atoms with Crippen LogP contribution in [0.3, 0.4) is 0 Å². The first kappa shape index (κ1) is 19.2. The largest absolute Gasteiger partial charge is 0.351 e. The van der Waals surface area contributed by atoms with Crippen molar-refractivity contribution in [2.45, 2.75) is 37.9 Å². The number of thiophene rings is 1. The molecule has 1 N–H and O–H groups in total. The number of hydrogen-bond acceptors (Lipinski definition) is 5. The number of thioether (sulfide) groups is 1. The lowest BCUT2D eigenvalue weighted by Crippen LogP contribution is -2.26. The van der Waals surface area contributed by atoms with E-state index in [2.05, 4.69) is 12.2 Å². The minimum atomic E-state index is -0.0671. The fourth-order valence-corrected chi connectivity index (χ4v) is 5.78. The van der Waals surface area contributed by atoms with E-state index in [4.69, 9.17) is 4.98 Å². The van der Waals surface area contributed by atoms with Crippen LogP contribution in [0.2, 0.25) is 0 Å². The number of hydrogen-bond donors (Lipinski definition) is 1. The van der Waals surface area contributed by atoms with Crippen LogP contribution < -0.4 is 10.9 Å².